The number of phenols is 1. The van der Waals surface area contributed by atoms with E-state index in [1.54, 1.807) is 42.5 Å². The second kappa shape index (κ2) is 17.1. The molecule has 288 valence electrons. The van der Waals surface area contributed by atoms with Crippen LogP contribution in [-0.4, -0.2) is 54.9 Å². The lowest BCUT2D eigenvalue weighted by Crippen LogP contribution is -2.29. The van der Waals surface area contributed by atoms with Gasteiger partial charge in [-0.3, -0.25) is 24.2 Å². The van der Waals surface area contributed by atoms with Gasteiger partial charge in [0.1, 0.15) is 22.9 Å². The molecule has 5 aromatic rings. The molecule has 0 unspecified atom stereocenters. The number of rotatable bonds is 14. The van der Waals surface area contributed by atoms with Crippen molar-refractivity contribution in [2.45, 2.75) is 32.2 Å². The Balaban J connectivity index is 0.797. The number of phenolic OH excluding ortho intramolecular Hbond substituents is 1. The molecular formula is C41H37N9O6S. The molecule has 3 heterocycles. The maximum absolute atomic E-state index is 12.6. The van der Waals surface area contributed by atoms with Gasteiger partial charge in [0, 0.05) is 71.5 Å². The highest BCUT2D eigenvalue weighted by molar-refractivity contribution is 7.80. The number of nitrogen functional groups attached to an aromatic ring is 1. The fourth-order valence-electron chi connectivity index (χ4n) is 6.26. The van der Waals surface area contributed by atoms with Crippen molar-refractivity contribution in [2.24, 2.45) is 0 Å². The molecule has 1 aliphatic carbocycles. The highest BCUT2D eigenvalue weighted by atomic mass is 32.1. The largest absolute Gasteiger partial charge is 0.508 e. The van der Waals surface area contributed by atoms with E-state index < -0.39 is 5.56 Å². The van der Waals surface area contributed by atoms with Gasteiger partial charge in [-0.1, -0.05) is 12.1 Å². The number of nitrogens with two attached hydrogens (primary N) is 1. The van der Waals surface area contributed by atoms with Gasteiger partial charge in [-0.25, -0.2) is 9.97 Å². The number of anilines is 3. The molecule has 2 aliphatic rings. The Bertz CT molecular complexity index is 2700. The van der Waals surface area contributed by atoms with Crippen LogP contribution in [0.15, 0.2) is 105 Å². The van der Waals surface area contributed by atoms with Crippen molar-refractivity contribution in [2.75, 3.05) is 29.5 Å². The Morgan fingerprint density at radius 1 is 0.860 bits per heavy atom. The fraction of sp³-hybridized carbons (Fsp3) is 0.171. The predicted octanol–water partition coefficient (Wildman–Crippen LogP) is 5.34. The van der Waals surface area contributed by atoms with E-state index in [4.69, 9.17) is 22.4 Å². The summed E-state index contributed by atoms with van der Waals surface area (Å²) < 4.78 is 5.94. The first kappa shape index (κ1) is 38.1. The summed E-state index contributed by atoms with van der Waals surface area (Å²) in [4.78, 5) is 64.0. The predicted molar refractivity (Wildman–Crippen MR) is 222 cm³/mol. The van der Waals surface area contributed by atoms with Crippen molar-refractivity contribution in [3.05, 3.63) is 123 Å². The van der Waals surface area contributed by atoms with Crippen molar-refractivity contribution < 1.29 is 19.1 Å². The minimum absolute atomic E-state index is 0.0272. The minimum atomic E-state index is -0.465. The number of nitrogens with zero attached hydrogens (tertiary/aromatic N) is 3. The van der Waals surface area contributed by atoms with E-state index in [1.165, 1.54) is 24.4 Å². The van der Waals surface area contributed by atoms with Crippen molar-refractivity contribution in [3.8, 4) is 28.2 Å². The van der Waals surface area contributed by atoms with Gasteiger partial charge in [-0.2, -0.15) is 4.98 Å². The molecule has 1 amide bonds. The van der Waals surface area contributed by atoms with E-state index >= 15 is 0 Å². The molecule has 0 spiro atoms. The minimum Gasteiger partial charge on any atom is -0.508 e. The van der Waals surface area contributed by atoms with E-state index in [-0.39, 0.29) is 40.0 Å². The first-order chi connectivity index (χ1) is 27.6. The zero-order valence-electron chi connectivity index (χ0n) is 30.4. The Morgan fingerprint density at radius 3 is 2.37 bits per heavy atom. The van der Waals surface area contributed by atoms with Crippen LogP contribution in [0.25, 0.3) is 44.6 Å². The third-order valence-electron chi connectivity index (χ3n) is 9.05. The quantitative estimate of drug-likeness (QED) is 0.0420. The summed E-state index contributed by atoms with van der Waals surface area (Å²) in [6, 6.07) is 24.2. The molecular weight excluding hydrogens is 747 g/mol. The van der Waals surface area contributed by atoms with Crippen molar-refractivity contribution in [1.29, 1.82) is 0 Å². The second-order valence-corrected chi connectivity index (χ2v) is 13.6. The standard InChI is InChI=1S/C41H37N9O6S/c42-40-49-37-36(39(55)50-40)47-27(22-46-37)21-45-25-9-7-24(8-10-25)38(54)43-17-1-3-28(51)4-2-18-44-41(57)48-26-11-5-23(6-12-26)35-31-15-13-29(52)19-33(31)56-34-20-30(53)14-16-32(34)35/h5-16,19-20,22,45,52H,1-4,17-18,21H2,(H,43,54)(H2,44,48,57)(H3,42,46,49,50,55). The van der Waals surface area contributed by atoms with Crippen LogP contribution in [0.4, 0.5) is 17.3 Å². The number of fused-ring (bicyclic) bond motifs is 3. The van der Waals surface area contributed by atoms with Crippen LogP contribution in [0.3, 0.4) is 0 Å². The van der Waals surface area contributed by atoms with Gasteiger partial charge >= 0.3 is 0 Å². The second-order valence-electron chi connectivity index (χ2n) is 13.2. The number of H-pyrrole nitrogens is 1. The van der Waals surface area contributed by atoms with Gasteiger partial charge in [0.25, 0.3) is 11.5 Å². The highest BCUT2D eigenvalue weighted by Crippen LogP contribution is 2.40. The van der Waals surface area contributed by atoms with E-state index in [0.717, 1.165) is 33.5 Å². The monoisotopic (exact) mass is 783 g/mol. The maximum atomic E-state index is 12.6. The lowest BCUT2D eigenvalue weighted by atomic mass is 9.93. The van der Waals surface area contributed by atoms with Gasteiger partial charge in [-0.15, -0.1) is 0 Å². The number of aromatic nitrogens is 4. The van der Waals surface area contributed by atoms with Gasteiger partial charge in [0.15, 0.2) is 21.7 Å². The molecule has 7 rings (SSSR count). The zero-order valence-corrected chi connectivity index (χ0v) is 31.2. The van der Waals surface area contributed by atoms with Crippen molar-refractivity contribution in [3.63, 3.8) is 0 Å². The van der Waals surface area contributed by atoms with Crippen LogP contribution in [0.1, 0.15) is 41.7 Å². The van der Waals surface area contributed by atoms with Crippen molar-refractivity contribution in [1.82, 2.24) is 30.6 Å². The SMILES string of the molecule is Nc1nc2ncc(CNc3ccc(C(=O)NCCCC(=O)CCCNC(=S)Nc4ccc(-c5c6ccc(=O)cc-6oc6cc(O)ccc56)cc4)cc3)nc2c(=O)[nH]1. The van der Waals surface area contributed by atoms with E-state index in [2.05, 4.69) is 41.2 Å². The molecule has 3 aromatic carbocycles. The van der Waals surface area contributed by atoms with Crippen LogP contribution in [0.2, 0.25) is 0 Å². The number of thiocarbonyl (C=S) groups is 1. The van der Waals surface area contributed by atoms with Crippen molar-refractivity contribution >= 4 is 68.5 Å². The number of carbonyl (C=O) groups excluding carboxylic acids is 2. The van der Waals surface area contributed by atoms with Gasteiger partial charge < -0.3 is 36.5 Å². The van der Waals surface area contributed by atoms with Crippen LogP contribution in [-0.2, 0) is 11.3 Å². The molecule has 0 saturated carbocycles. The Labute approximate surface area is 330 Å². The molecule has 2 aromatic heterocycles. The summed E-state index contributed by atoms with van der Waals surface area (Å²) in [6.07, 6.45) is 3.37. The third kappa shape index (κ3) is 9.37. The van der Waals surface area contributed by atoms with Crippen LogP contribution in [0.5, 0.6) is 5.75 Å². The number of amides is 1. The number of aromatic amines is 1. The average Bonchev–Trinajstić information content (AvgIpc) is 3.20. The number of aromatic hydroxyl groups is 1. The smallest absolute Gasteiger partial charge is 0.280 e. The van der Waals surface area contributed by atoms with Gasteiger partial charge in [0.05, 0.1) is 18.4 Å². The molecule has 8 N–H and O–H groups in total. The third-order valence-corrected chi connectivity index (χ3v) is 9.30. The number of carbonyl (C=O) groups is 2. The summed E-state index contributed by atoms with van der Waals surface area (Å²) in [5.41, 5.74) is 10.7. The molecule has 16 heteroatoms. The Kier molecular flexibility index (Phi) is 11.4. The molecule has 0 bridgehead atoms. The van der Waals surface area contributed by atoms with Crippen LogP contribution < -0.4 is 38.0 Å². The Hall–Kier alpha value is -7.20. The summed E-state index contributed by atoms with van der Waals surface area (Å²) in [7, 11) is 0. The number of ketones is 1. The molecule has 15 nitrogen and oxygen atoms in total. The number of hydrogen-bond acceptors (Lipinski definition) is 12. The summed E-state index contributed by atoms with van der Waals surface area (Å²) in [5, 5.41) is 23.6. The number of nitrogens with one attached hydrogen (secondary N) is 5. The highest BCUT2D eigenvalue weighted by Gasteiger charge is 2.18. The fourth-order valence-corrected chi connectivity index (χ4v) is 6.48. The van der Waals surface area contributed by atoms with E-state index in [0.29, 0.717) is 73.0 Å². The zero-order chi connectivity index (χ0) is 39.9. The molecule has 0 saturated heterocycles. The maximum Gasteiger partial charge on any atom is 0.280 e. The molecule has 0 atom stereocenters. The number of benzene rings is 4. The van der Waals surface area contributed by atoms with Crippen LogP contribution in [0, 0.1) is 0 Å². The van der Waals surface area contributed by atoms with E-state index in [9.17, 15) is 24.3 Å². The topological polar surface area (TPSA) is 230 Å². The van der Waals surface area contributed by atoms with Crippen LogP contribution >= 0.6 is 12.2 Å². The lowest BCUT2D eigenvalue weighted by molar-refractivity contribution is -0.119. The molecule has 57 heavy (non-hydrogen) atoms. The molecule has 1 aliphatic heterocycles. The van der Waals surface area contributed by atoms with Gasteiger partial charge in [-0.05, 0) is 91.3 Å². The Morgan fingerprint density at radius 2 is 1.60 bits per heavy atom. The van der Waals surface area contributed by atoms with Gasteiger partial charge in [0.2, 0.25) is 5.95 Å². The first-order valence-electron chi connectivity index (χ1n) is 18.1. The number of Topliss-reactive ketones (excluding diaryl/α,β-unsaturated/α-hetero) is 1. The molecule has 0 fully saturated rings. The summed E-state index contributed by atoms with van der Waals surface area (Å²) in [5.74, 6) is 0.335. The first-order valence-corrected chi connectivity index (χ1v) is 18.5. The van der Waals surface area contributed by atoms with E-state index in [1.807, 2.05) is 24.3 Å². The number of hydrogen-bond donors (Lipinski definition) is 7. The average molecular weight is 784 g/mol. The molecule has 0 radical (unpaired) electrons. The normalized spacial score (nSPS) is 11.1. The summed E-state index contributed by atoms with van der Waals surface area (Å²) in [6.45, 7) is 1.18. The lowest BCUT2D eigenvalue weighted by Gasteiger charge is -2.16. The summed E-state index contributed by atoms with van der Waals surface area (Å²) >= 11 is 5.47.